The first kappa shape index (κ1) is 10.1. The fraction of sp³-hybridized carbons (Fsp3) is 0.455. The summed E-state index contributed by atoms with van der Waals surface area (Å²) in [7, 11) is 2.17. The molecule has 0 saturated carbocycles. The van der Waals surface area contributed by atoms with E-state index in [0.29, 0.717) is 6.04 Å². The number of nitrogens with zero attached hydrogens (tertiary/aromatic N) is 1. The van der Waals surface area contributed by atoms with Crippen molar-refractivity contribution in [3.63, 3.8) is 0 Å². The first-order chi connectivity index (χ1) is 6.77. The molecule has 0 bridgehead atoms. The minimum Gasteiger partial charge on any atom is -0.308 e. The SMILES string of the molecule is CN1CCNC(c2ccccc2Br)C1. The molecule has 0 aliphatic carbocycles. The van der Waals surface area contributed by atoms with E-state index in [4.69, 9.17) is 0 Å². The van der Waals surface area contributed by atoms with Crippen molar-refractivity contribution in [1.82, 2.24) is 10.2 Å². The number of likely N-dealkylation sites (N-methyl/N-ethyl adjacent to an activating group) is 1. The predicted molar refractivity (Wildman–Crippen MR) is 62.4 cm³/mol. The molecule has 1 aromatic rings. The Morgan fingerprint density at radius 2 is 2.21 bits per heavy atom. The van der Waals surface area contributed by atoms with Gasteiger partial charge in [-0.05, 0) is 18.7 Å². The Labute approximate surface area is 93.4 Å². The molecule has 2 nitrogen and oxygen atoms in total. The van der Waals surface area contributed by atoms with E-state index in [1.54, 1.807) is 0 Å². The van der Waals surface area contributed by atoms with E-state index in [2.05, 4.69) is 57.5 Å². The van der Waals surface area contributed by atoms with Gasteiger partial charge in [-0.1, -0.05) is 34.1 Å². The molecule has 0 radical (unpaired) electrons. The fourth-order valence-corrected chi connectivity index (χ4v) is 2.42. The van der Waals surface area contributed by atoms with Crippen LogP contribution in [0.2, 0.25) is 0 Å². The second-order valence-corrected chi connectivity index (χ2v) is 4.64. The Morgan fingerprint density at radius 1 is 1.43 bits per heavy atom. The van der Waals surface area contributed by atoms with Crippen molar-refractivity contribution in [1.29, 1.82) is 0 Å². The molecule has 1 N–H and O–H groups in total. The fourth-order valence-electron chi connectivity index (χ4n) is 1.86. The van der Waals surface area contributed by atoms with Crippen molar-refractivity contribution < 1.29 is 0 Å². The largest absolute Gasteiger partial charge is 0.308 e. The third kappa shape index (κ3) is 2.16. The Bertz CT molecular complexity index is 314. The quantitative estimate of drug-likeness (QED) is 0.826. The van der Waals surface area contributed by atoms with Gasteiger partial charge < -0.3 is 10.2 Å². The molecule has 0 amide bonds. The van der Waals surface area contributed by atoms with Crippen LogP contribution < -0.4 is 5.32 Å². The van der Waals surface area contributed by atoms with E-state index in [1.807, 2.05) is 0 Å². The van der Waals surface area contributed by atoms with E-state index in [1.165, 1.54) is 10.0 Å². The first-order valence-electron chi connectivity index (χ1n) is 4.94. The van der Waals surface area contributed by atoms with Crippen LogP contribution in [0.5, 0.6) is 0 Å². The number of halogens is 1. The lowest BCUT2D eigenvalue weighted by atomic mass is 10.1. The standard InChI is InChI=1S/C11H15BrN2/c1-14-7-6-13-11(8-14)9-4-2-3-5-10(9)12/h2-5,11,13H,6-8H2,1H3. The highest BCUT2D eigenvalue weighted by atomic mass is 79.9. The highest BCUT2D eigenvalue weighted by Crippen LogP contribution is 2.24. The normalized spacial score (nSPS) is 23.7. The van der Waals surface area contributed by atoms with Crippen molar-refractivity contribution in [3.05, 3.63) is 34.3 Å². The summed E-state index contributed by atoms with van der Waals surface area (Å²) in [4.78, 5) is 2.36. The van der Waals surface area contributed by atoms with Crippen molar-refractivity contribution in [2.45, 2.75) is 6.04 Å². The van der Waals surface area contributed by atoms with Gasteiger partial charge in [0.1, 0.15) is 0 Å². The molecular weight excluding hydrogens is 240 g/mol. The highest BCUT2D eigenvalue weighted by Gasteiger charge is 2.19. The van der Waals surface area contributed by atoms with Gasteiger partial charge in [0, 0.05) is 30.1 Å². The topological polar surface area (TPSA) is 15.3 Å². The second kappa shape index (κ2) is 4.43. The summed E-state index contributed by atoms with van der Waals surface area (Å²) in [6, 6.07) is 8.90. The third-order valence-electron chi connectivity index (χ3n) is 2.66. The summed E-state index contributed by atoms with van der Waals surface area (Å²) >= 11 is 3.59. The van der Waals surface area contributed by atoms with Gasteiger partial charge in [-0.3, -0.25) is 0 Å². The molecule has 0 spiro atoms. The van der Waals surface area contributed by atoms with Crippen LogP contribution in [0.4, 0.5) is 0 Å². The Morgan fingerprint density at radius 3 is 2.93 bits per heavy atom. The lowest BCUT2D eigenvalue weighted by molar-refractivity contribution is 0.240. The van der Waals surface area contributed by atoms with E-state index in [0.717, 1.165) is 19.6 Å². The van der Waals surface area contributed by atoms with E-state index in [-0.39, 0.29) is 0 Å². The summed E-state index contributed by atoms with van der Waals surface area (Å²) in [6.45, 7) is 3.30. The second-order valence-electron chi connectivity index (χ2n) is 3.79. The van der Waals surface area contributed by atoms with Gasteiger partial charge in [-0.25, -0.2) is 0 Å². The van der Waals surface area contributed by atoms with E-state index >= 15 is 0 Å². The first-order valence-corrected chi connectivity index (χ1v) is 5.73. The van der Waals surface area contributed by atoms with Crippen molar-refractivity contribution >= 4 is 15.9 Å². The monoisotopic (exact) mass is 254 g/mol. The van der Waals surface area contributed by atoms with Gasteiger partial charge in [0.05, 0.1) is 0 Å². The lowest BCUT2D eigenvalue weighted by Crippen LogP contribution is -2.43. The number of rotatable bonds is 1. The van der Waals surface area contributed by atoms with Gasteiger partial charge in [0.25, 0.3) is 0 Å². The summed E-state index contributed by atoms with van der Waals surface area (Å²) < 4.78 is 1.20. The summed E-state index contributed by atoms with van der Waals surface area (Å²) in [5.41, 5.74) is 1.36. The maximum atomic E-state index is 3.59. The van der Waals surface area contributed by atoms with Gasteiger partial charge in [0.15, 0.2) is 0 Å². The minimum absolute atomic E-state index is 0.462. The number of hydrogen-bond acceptors (Lipinski definition) is 2. The zero-order valence-electron chi connectivity index (χ0n) is 8.33. The smallest absolute Gasteiger partial charge is 0.0460 e. The van der Waals surface area contributed by atoms with Gasteiger partial charge >= 0.3 is 0 Å². The highest BCUT2D eigenvalue weighted by molar-refractivity contribution is 9.10. The van der Waals surface area contributed by atoms with Crippen LogP contribution in [0.3, 0.4) is 0 Å². The molecule has 1 heterocycles. The molecule has 76 valence electrons. The van der Waals surface area contributed by atoms with Crippen LogP contribution >= 0.6 is 15.9 Å². The number of hydrogen-bond donors (Lipinski definition) is 1. The number of benzene rings is 1. The van der Waals surface area contributed by atoms with Crippen LogP contribution in [-0.4, -0.2) is 31.6 Å². The van der Waals surface area contributed by atoms with Crippen LogP contribution in [0.25, 0.3) is 0 Å². The third-order valence-corrected chi connectivity index (χ3v) is 3.38. The maximum absolute atomic E-state index is 3.59. The van der Waals surface area contributed by atoms with Gasteiger partial charge in [0.2, 0.25) is 0 Å². The molecular formula is C11H15BrN2. The van der Waals surface area contributed by atoms with Crippen molar-refractivity contribution in [3.8, 4) is 0 Å². The molecule has 14 heavy (non-hydrogen) atoms. The average Bonchev–Trinajstić information content (AvgIpc) is 2.18. The molecule has 1 unspecified atom stereocenters. The Hall–Kier alpha value is -0.380. The van der Waals surface area contributed by atoms with Crippen LogP contribution in [0.1, 0.15) is 11.6 Å². The lowest BCUT2D eigenvalue weighted by Gasteiger charge is -2.31. The van der Waals surface area contributed by atoms with Gasteiger partial charge in [-0.15, -0.1) is 0 Å². The van der Waals surface area contributed by atoms with E-state index < -0.39 is 0 Å². The molecule has 1 aliphatic rings. The van der Waals surface area contributed by atoms with Crippen molar-refractivity contribution in [2.24, 2.45) is 0 Å². The maximum Gasteiger partial charge on any atom is 0.0460 e. The molecule has 3 heteroatoms. The molecule has 2 rings (SSSR count). The predicted octanol–water partition coefficient (Wildman–Crippen LogP) is 2.03. The summed E-state index contributed by atoms with van der Waals surface area (Å²) in [5.74, 6) is 0. The molecule has 1 aliphatic heterocycles. The molecule has 1 fully saturated rings. The van der Waals surface area contributed by atoms with Gasteiger partial charge in [-0.2, -0.15) is 0 Å². The van der Waals surface area contributed by atoms with E-state index in [9.17, 15) is 0 Å². The summed E-state index contributed by atoms with van der Waals surface area (Å²) in [5, 5.41) is 3.53. The Balaban J connectivity index is 2.18. The minimum atomic E-state index is 0.462. The Kier molecular flexibility index (Phi) is 3.21. The molecule has 1 aromatic carbocycles. The molecule has 0 aromatic heterocycles. The summed E-state index contributed by atoms with van der Waals surface area (Å²) in [6.07, 6.45) is 0. The number of nitrogens with one attached hydrogen (secondary N) is 1. The zero-order chi connectivity index (χ0) is 9.97. The van der Waals surface area contributed by atoms with Crippen LogP contribution in [0.15, 0.2) is 28.7 Å². The zero-order valence-corrected chi connectivity index (χ0v) is 9.92. The molecule has 1 atom stereocenters. The average molecular weight is 255 g/mol. The molecule has 1 saturated heterocycles. The van der Waals surface area contributed by atoms with Crippen LogP contribution in [-0.2, 0) is 0 Å². The van der Waals surface area contributed by atoms with Crippen LogP contribution in [0, 0.1) is 0 Å². The number of piperazine rings is 1. The van der Waals surface area contributed by atoms with Crippen molar-refractivity contribution in [2.75, 3.05) is 26.7 Å².